The Morgan fingerprint density at radius 2 is 2.24 bits per heavy atom. The van der Waals surface area contributed by atoms with Crippen LogP contribution in [0.15, 0.2) is 18.2 Å². The lowest BCUT2D eigenvalue weighted by molar-refractivity contribution is -0.189. The lowest BCUT2D eigenvalue weighted by atomic mass is 9.91. The summed E-state index contributed by atoms with van der Waals surface area (Å²) >= 11 is 6.10. The number of halogens is 1. The largest absolute Gasteiger partial charge is 0.497 e. The molecule has 1 aliphatic rings. The number of amides is 1. The number of rotatable bonds is 6. The van der Waals surface area contributed by atoms with Gasteiger partial charge in [0.1, 0.15) is 11.7 Å². The van der Waals surface area contributed by atoms with E-state index in [-0.39, 0.29) is 24.3 Å². The molecule has 0 aromatic heterocycles. The highest BCUT2D eigenvalue weighted by molar-refractivity contribution is 6.31. The Morgan fingerprint density at radius 1 is 1.48 bits per heavy atom. The van der Waals surface area contributed by atoms with Gasteiger partial charge in [0.15, 0.2) is 6.10 Å². The lowest BCUT2D eigenvalue weighted by Gasteiger charge is -2.33. The molecule has 1 saturated heterocycles. The van der Waals surface area contributed by atoms with Crippen molar-refractivity contribution in [1.82, 2.24) is 5.32 Å². The van der Waals surface area contributed by atoms with Crippen LogP contribution < -0.4 is 10.1 Å². The number of methoxy groups -OCH3 is 1. The fourth-order valence-corrected chi connectivity index (χ4v) is 2.48. The normalized spacial score (nSPS) is 20.4. The van der Waals surface area contributed by atoms with E-state index in [1.54, 1.807) is 25.3 Å². The van der Waals surface area contributed by atoms with Crippen molar-refractivity contribution in [3.8, 4) is 5.75 Å². The highest BCUT2D eigenvalue weighted by atomic mass is 35.5. The minimum absolute atomic E-state index is 0.278. The van der Waals surface area contributed by atoms with E-state index in [4.69, 9.17) is 21.1 Å². The van der Waals surface area contributed by atoms with Gasteiger partial charge in [-0.3, -0.25) is 9.59 Å². The van der Waals surface area contributed by atoms with Crippen LogP contribution in [0.3, 0.4) is 0 Å². The number of esters is 1. The number of hydrogen-bond donors (Lipinski definition) is 1. The van der Waals surface area contributed by atoms with E-state index in [0.29, 0.717) is 17.2 Å². The molecule has 2 rings (SSSR count). The number of hydrogen-bond acceptors (Lipinski definition) is 4. The molecule has 0 bridgehead atoms. The zero-order chi connectivity index (χ0) is 15.4. The summed E-state index contributed by atoms with van der Waals surface area (Å²) in [7, 11) is 1.56. The van der Waals surface area contributed by atoms with E-state index in [9.17, 15) is 9.59 Å². The number of nitrogens with one attached hydrogen (secondary N) is 1. The second-order valence-electron chi connectivity index (χ2n) is 4.93. The predicted octanol–water partition coefficient (Wildman–Crippen LogP) is 2.31. The van der Waals surface area contributed by atoms with Crippen LogP contribution in [0, 0.1) is 5.92 Å². The summed E-state index contributed by atoms with van der Waals surface area (Å²) in [6.07, 6.45) is 0.836. The first-order valence-electron chi connectivity index (χ1n) is 6.87. The Morgan fingerprint density at radius 3 is 2.81 bits per heavy atom. The maximum atomic E-state index is 12.0. The van der Waals surface area contributed by atoms with Gasteiger partial charge in [-0.25, -0.2) is 0 Å². The fraction of sp³-hybridized carbons (Fsp3) is 0.467. The summed E-state index contributed by atoms with van der Waals surface area (Å²) in [5.41, 5.74) is 0.781. The molecule has 0 aliphatic carbocycles. The van der Waals surface area contributed by atoms with Crippen LogP contribution in [-0.4, -0.2) is 25.1 Å². The van der Waals surface area contributed by atoms with Gasteiger partial charge in [-0.15, -0.1) is 0 Å². The first kappa shape index (κ1) is 15.6. The van der Waals surface area contributed by atoms with E-state index in [1.807, 2.05) is 6.92 Å². The van der Waals surface area contributed by atoms with Crippen molar-refractivity contribution in [2.45, 2.75) is 32.4 Å². The molecule has 114 valence electrons. The SMILES string of the molecule is CCCC1C(=O)O[C@H]1C(=O)NCc1ccc(OC)cc1Cl. The molecule has 2 atom stereocenters. The number of carbonyl (C=O) groups is 2. The first-order chi connectivity index (χ1) is 10.1. The second-order valence-corrected chi connectivity index (χ2v) is 5.33. The highest BCUT2D eigenvalue weighted by Gasteiger charge is 2.46. The maximum absolute atomic E-state index is 12.0. The van der Waals surface area contributed by atoms with Crippen LogP contribution in [0.5, 0.6) is 5.75 Å². The molecule has 5 nitrogen and oxygen atoms in total. The van der Waals surface area contributed by atoms with Crippen molar-refractivity contribution in [2.24, 2.45) is 5.92 Å². The van der Waals surface area contributed by atoms with Crippen LogP contribution in [0.1, 0.15) is 25.3 Å². The van der Waals surface area contributed by atoms with E-state index in [1.165, 1.54) is 0 Å². The second kappa shape index (κ2) is 6.80. The molecule has 0 spiro atoms. The van der Waals surface area contributed by atoms with Gasteiger partial charge in [-0.1, -0.05) is 31.0 Å². The zero-order valence-electron chi connectivity index (χ0n) is 12.0. The Hall–Kier alpha value is -1.75. The van der Waals surface area contributed by atoms with Crippen molar-refractivity contribution in [2.75, 3.05) is 7.11 Å². The molecule has 0 radical (unpaired) electrons. The summed E-state index contributed by atoms with van der Waals surface area (Å²) < 4.78 is 9.98. The van der Waals surface area contributed by atoms with Crippen LogP contribution in [0.4, 0.5) is 0 Å². The van der Waals surface area contributed by atoms with Gasteiger partial charge < -0.3 is 14.8 Å². The summed E-state index contributed by atoms with van der Waals surface area (Å²) in [6.45, 7) is 2.26. The molecule has 6 heteroatoms. The van der Waals surface area contributed by atoms with Crippen LogP contribution >= 0.6 is 11.6 Å². The van der Waals surface area contributed by atoms with E-state index in [2.05, 4.69) is 5.32 Å². The average Bonchev–Trinajstić information content (AvgIpc) is 2.48. The van der Waals surface area contributed by atoms with Crippen LogP contribution in [-0.2, 0) is 20.9 Å². The van der Waals surface area contributed by atoms with Gasteiger partial charge in [0.2, 0.25) is 0 Å². The fourth-order valence-electron chi connectivity index (χ4n) is 2.24. The van der Waals surface area contributed by atoms with Crippen molar-refractivity contribution in [3.05, 3.63) is 28.8 Å². The van der Waals surface area contributed by atoms with Gasteiger partial charge in [0, 0.05) is 11.6 Å². The highest BCUT2D eigenvalue weighted by Crippen LogP contribution is 2.27. The lowest BCUT2D eigenvalue weighted by Crippen LogP contribution is -2.53. The molecule has 1 aromatic rings. The maximum Gasteiger partial charge on any atom is 0.314 e. The minimum Gasteiger partial charge on any atom is -0.497 e. The molecule has 21 heavy (non-hydrogen) atoms. The Labute approximate surface area is 128 Å². The summed E-state index contributed by atoms with van der Waals surface area (Å²) in [4.78, 5) is 23.3. The van der Waals surface area contributed by atoms with Crippen molar-refractivity contribution in [1.29, 1.82) is 0 Å². The van der Waals surface area contributed by atoms with Gasteiger partial charge >= 0.3 is 5.97 Å². The van der Waals surface area contributed by atoms with Gasteiger partial charge in [-0.2, -0.15) is 0 Å². The monoisotopic (exact) mass is 311 g/mol. The Bertz CT molecular complexity index is 546. The van der Waals surface area contributed by atoms with Crippen molar-refractivity contribution < 1.29 is 19.1 Å². The third-order valence-electron chi connectivity index (χ3n) is 3.48. The van der Waals surface area contributed by atoms with Gasteiger partial charge in [-0.05, 0) is 24.1 Å². The molecule has 1 heterocycles. The molecule has 1 unspecified atom stereocenters. The molecule has 1 aliphatic heterocycles. The van der Waals surface area contributed by atoms with Gasteiger partial charge in [0.25, 0.3) is 5.91 Å². The smallest absolute Gasteiger partial charge is 0.314 e. The summed E-state index contributed by atoms with van der Waals surface area (Å²) in [5.74, 6) is -0.230. The standard InChI is InChI=1S/C15H18ClNO4/c1-3-4-11-13(21-15(11)19)14(18)17-8-9-5-6-10(20-2)7-12(9)16/h5-7,11,13H,3-4,8H2,1-2H3,(H,17,18)/t11?,13-/m1/s1. The van der Waals surface area contributed by atoms with E-state index >= 15 is 0 Å². The average molecular weight is 312 g/mol. The number of ether oxygens (including phenoxy) is 2. The number of cyclic esters (lactones) is 1. The van der Waals surface area contributed by atoms with E-state index in [0.717, 1.165) is 12.0 Å². The van der Waals surface area contributed by atoms with Crippen LogP contribution in [0.25, 0.3) is 0 Å². The Kier molecular flexibility index (Phi) is 5.07. The topological polar surface area (TPSA) is 64.6 Å². The zero-order valence-corrected chi connectivity index (χ0v) is 12.8. The molecule has 1 fully saturated rings. The molecule has 1 N–H and O–H groups in total. The quantitative estimate of drug-likeness (QED) is 0.819. The summed E-state index contributed by atoms with van der Waals surface area (Å²) in [5, 5.41) is 3.27. The first-order valence-corrected chi connectivity index (χ1v) is 7.25. The van der Waals surface area contributed by atoms with Crippen molar-refractivity contribution >= 4 is 23.5 Å². The number of carbonyl (C=O) groups excluding carboxylic acids is 2. The number of benzene rings is 1. The molecular formula is C15H18ClNO4. The minimum atomic E-state index is -0.672. The van der Waals surface area contributed by atoms with Crippen molar-refractivity contribution in [3.63, 3.8) is 0 Å². The molecule has 1 aromatic carbocycles. The third-order valence-corrected chi connectivity index (χ3v) is 3.83. The van der Waals surface area contributed by atoms with E-state index < -0.39 is 6.10 Å². The molecule has 0 saturated carbocycles. The third kappa shape index (κ3) is 3.47. The summed E-state index contributed by atoms with van der Waals surface area (Å²) in [6, 6.07) is 5.25. The molecular weight excluding hydrogens is 294 g/mol. The van der Waals surface area contributed by atoms with Gasteiger partial charge in [0.05, 0.1) is 7.11 Å². The Balaban J connectivity index is 1.91. The molecule has 1 amide bonds. The predicted molar refractivity (Wildman–Crippen MR) is 78.1 cm³/mol. The van der Waals surface area contributed by atoms with Crippen LogP contribution in [0.2, 0.25) is 5.02 Å².